The molecule has 17 heavy (non-hydrogen) atoms. The van der Waals surface area contributed by atoms with Crippen LogP contribution in [0.1, 0.15) is 5.56 Å². The first-order valence-corrected chi connectivity index (χ1v) is 5.85. The summed E-state index contributed by atoms with van der Waals surface area (Å²) in [7, 11) is 0. The van der Waals surface area contributed by atoms with Gasteiger partial charge in [0.1, 0.15) is 5.82 Å². The molecule has 0 radical (unpaired) electrons. The van der Waals surface area contributed by atoms with Crippen molar-refractivity contribution in [2.75, 3.05) is 12.5 Å². The summed E-state index contributed by atoms with van der Waals surface area (Å²) in [4.78, 5) is 0. The van der Waals surface area contributed by atoms with Gasteiger partial charge in [0.25, 0.3) is 0 Å². The van der Waals surface area contributed by atoms with E-state index in [0.717, 1.165) is 32.7 Å². The molecule has 1 aromatic heterocycles. The molecule has 6 heteroatoms. The summed E-state index contributed by atoms with van der Waals surface area (Å²) in [6, 6.07) is 1.96. The number of halogens is 1. The molecule has 0 saturated carbocycles. The van der Waals surface area contributed by atoms with Crippen molar-refractivity contribution in [1.82, 2.24) is 10.2 Å². The van der Waals surface area contributed by atoms with Crippen molar-refractivity contribution >= 4 is 21.7 Å². The highest BCUT2D eigenvalue weighted by atomic mass is 79.9. The smallest absolute Gasteiger partial charge is 0.231 e. The Labute approximate surface area is 106 Å². The predicted molar refractivity (Wildman–Crippen MR) is 67.0 cm³/mol. The minimum atomic E-state index is 0.249. The van der Waals surface area contributed by atoms with Gasteiger partial charge in [-0.15, -0.1) is 0 Å². The van der Waals surface area contributed by atoms with E-state index in [0.29, 0.717) is 5.82 Å². The molecule has 1 aromatic carbocycles. The molecule has 2 aromatic rings. The van der Waals surface area contributed by atoms with Crippen LogP contribution in [-0.4, -0.2) is 17.0 Å². The van der Waals surface area contributed by atoms with E-state index in [4.69, 9.17) is 15.2 Å². The number of ether oxygens (including phenoxy) is 2. The lowest BCUT2D eigenvalue weighted by Gasteiger charge is -2.09. The summed E-state index contributed by atoms with van der Waals surface area (Å²) in [6.07, 6.45) is 1.70. The van der Waals surface area contributed by atoms with Gasteiger partial charge in [-0.1, -0.05) is 0 Å². The highest BCUT2D eigenvalue weighted by Crippen LogP contribution is 2.46. The Hall–Kier alpha value is -1.69. The van der Waals surface area contributed by atoms with Gasteiger partial charge >= 0.3 is 0 Å². The lowest BCUT2D eigenvalue weighted by atomic mass is 10.0. The van der Waals surface area contributed by atoms with Gasteiger partial charge < -0.3 is 15.2 Å². The minimum Gasteiger partial charge on any atom is -0.453 e. The Morgan fingerprint density at radius 1 is 1.35 bits per heavy atom. The third kappa shape index (κ3) is 1.48. The third-order valence-electron chi connectivity index (χ3n) is 2.80. The van der Waals surface area contributed by atoms with E-state index in [1.807, 2.05) is 13.0 Å². The number of aromatic nitrogens is 2. The van der Waals surface area contributed by atoms with Crippen molar-refractivity contribution in [3.8, 4) is 22.6 Å². The van der Waals surface area contributed by atoms with Crippen molar-refractivity contribution in [1.29, 1.82) is 0 Å². The molecule has 0 atom stereocenters. The molecule has 2 heterocycles. The average molecular weight is 296 g/mol. The number of H-pyrrole nitrogens is 1. The number of rotatable bonds is 1. The van der Waals surface area contributed by atoms with E-state index in [9.17, 15) is 0 Å². The number of aromatic amines is 1. The number of nitrogen functional groups attached to an aromatic ring is 1. The second kappa shape index (κ2) is 3.66. The summed E-state index contributed by atoms with van der Waals surface area (Å²) in [5.74, 6) is 2.04. The Bertz CT molecular complexity index is 595. The zero-order valence-electron chi connectivity index (χ0n) is 9.08. The molecule has 0 spiro atoms. The fourth-order valence-electron chi connectivity index (χ4n) is 1.95. The van der Waals surface area contributed by atoms with E-state index in [-0.39, 0.29) is 6.79 Å². The van der Waals surface area contributed by atoms with Crippen molar-refractivity contribution in [2.24, 2.45) is 0 Å². The number of fused-ring (bicyclic) bond motifs is 1. The summed E-state index contributed by atoms with van der Waals surface area (Å²) in [5.41, 5.74) is 8.67. The van der Waals surface area contributed by atoms with Gasteiger partial charge in [-0.05, 0) is 34.5 Å². The van der Waals surface area contributed by atoms with Crippen LogP contribution in [0.4, 0.5) is 5.82 Å². The third-order valence-corrected chi connectivity index (χ3v) is 3.39. The number of anilines is 1. The van der Waals surface area contributed by atoms with E-state index in [1.165, 1.54) is 0 Å². The maximum Gasteiger partial charge on any atom is 0.231 e. The molecule has 0 amide bonds. The number of hydrogen-bond acceptors (Lipinski definition) is 4. The lowest BCUT2D eigenvalue weighted by molar-refractivity contribution is 0.173. The van der Waals surface area contributed by atoms with Crippen LogP contribution < -0.4 is 15.2 Å². The average Bonchev–Trinajstić information content (AvgIpc) is 2.92. The number of benzene rings is 1. The fraction of sp³-hybridized carbons (Fsp3) is 0.182. The summed E-state index contributed by atoms with van der Waals surface area (Å²) in [5, 5.41) is 6.65. The molecule has 0 fully saturated rings. The second-order valence-corrected chi connectivity index (χ2v) is 4.65. The summed E-state index contributed by atoms with van der Waals surface area (Å²) < 4.78 is 11.7. The molecule has 1 aliphatic rings. The first-order valence-electron chi connectivity index (χ1n) is 5.06. The number of nitrogens with one attached hydrogen (secondary N) is 1. The van der Waals surface area contributed by atoms with Crippen LogP contribution in [0.5, 0.6) is 11.5 Å². The van der Waals surface area contributed by atoms with Crippen LogP contribution in [0, 0.1) is 6.92 Å². The van der Waals surface area contributed by atoms with Crippen LogP contribution in [0.3, 0.4) is 0 Å². The lowest BCUT2D eigenvalue weighted by Crippen LogP contribution is -1.94. The SMILES string of the molecule is Cc1c(-c2cn[nH]c2N)cc(Br)c2c1OCO2. The van der Waals surface area contributed by atoms with Crippen LogP contribution in [-0.2, 0) is 0 Å². The van der Waals surface area contributed by atoms with Crippen molar-refractivity contribution in [3.63, 3.8) is 0 Å². The molecule has 0 saturated heterocycles. The summed E-state index contributed by atoms with van der Waals surface area (Å²) >= 11 is 3.47. The minimum absolute atomic E-state index is 0.249. The normalized spacial score (nSPS) is 13.1. The molecule has 3 rings (SSSR count). The largest absolute Gasteiger partial charge is 0.453 e. The second-order valence-electron chi connectivity index (χ2n) is 3.79. The van der Waals surface area contributed by atoms with E-state index < -0.39 is 0 Å². The van der Waals surface area contributed by atoms with Gasteiger partial charge in [-0.25, -0.2) is 0 Å². The van der Waals surface area contributed by atoms with Crippen LogP contribution in [0.15, 0.2) is 16.7 Å². The van der Waals surface area contributed by atoms with Gasteiger partial charge in [0.05, 0.1) is 10.7 Å². The molecular weight excluding hydrogens is 286 g/mol. The Kier molecular flexibility index (Phi) is 2.25. The van der Waals surface area contributed by atoms with Gasteiger partial charge in [-0.2, -0.15) is 5.10 Å². The molecule has 3 N–H and O–H groups in total. The fourth-order valence-corrected chi connectivity index (χ4v) is 2.47. The van der Waals surface area contributed by atoms with Gasteiger partial charge in [0.15, 0.2) is 11.5 Å². The van der Waals surface area contributed by atoms with Gasteiger partial charge in [0.2, 0.25) is 6.79 Å². The summed E-state index contributed by atoms with van der Waals surface area (Å²) in [6.45, 7) is 2.22. The molecule has 88 valence electrons. The molecule has 0 unspecified atom stereocenters. The van der Waals surface area contributed by atoms with E-state index in [2.05, 4.69) is 26.1 Å². The van der Waals surface area contributed by atoms with Crippen LogP contribution >= 0.6 is 15.9 Å². The highest BCUT2D eigenvalue weighted by molar-refractivity contribution is 9.10. The molecule has 1 aliphatic heterocycles. The Morgan fingerprint density at radius 3 is 2.82 bits per heavy atom. The highest BCUT2D eigenvalue weighted by Gasteiger charge is 2.23. The van der Waals surface area contributed by atoms with Gasteiger partial charge in [-0.3, -0.25) is 5.10 Å². The van der Waals surface area contributed by atoms with Crippen LogP contribution in [0.2, 0.25) is 0 Å². The van der Waals surface area contributed by atoms with Crippen molar-refractivity contribution in [2.45, 2.75) is 6.92 Å². The zero-order valence-corrected chi connectivity index (χ0v) is 10.7. The molecule has 0 bridgehead atoms. The first kappa shape index (κ1) is 10.5. The molecular formula is C11H10BrN3O2. The van der Waals surface area contributed by atoms with Gasteiger partial charge in [0, 0.05) is 11.1 Å². The monoisotopic (exact) mass is 295 g/mol. The Morgan fingerprint density at radius 2 is 2.12 bits per heavy atom. The van der Waals surface area contributed by atoms with Crippen LogP contribution in [0.25, 0.3) is 11.1 Å². The first-order chi connectivity index (χ1) is 8.18. The quantitative estimate of drug-likeness (QED) is 0.848. The maximum atomic E-state index is 5.83. The number of nitrogens with zero attached hydrogens (tertiary/aromatic N) is 1. The number of nitrogens with two attached hydrogens (primary N) is 1. The van der Waals surface area contributed by atoms with Crippen molar-refractivity contribution < 1.29 is 9.47 Å². The zero-order chi connectivity index (χ0) is 12.0. The predicted octanol–water partition coefficient (Wildman–Crippen LogP) is 2.46. The van der Waals surface area contributed by atoms with E-state index in [1.54, 1.807) is 6.20 Å². The van der Waals surface area contributed by atoms with E-state index >= 15 is 0 Å². The standard InChI is InChI=1S/C11H10BrN3O2/c1-5-6(7-3-14-15-11(7)13)2-8(12)10-9(5)16-4-17-10/h2-3H,4H2,1H3,(H3,13,14,15). The Balaban J connectivity index is 2.26. The maximum absolute atomic E-state index is 5.83. The topological polar surface area (TPSA) is 73.2 Å². The van der Waals surface area contributed by atoms with Crippen molar-refractivity contribution in [3.05, 3.63) is 22.3 Å². The molecule has 0 aliphatic carbocycles. The number of hydrogen-bond donors (Lipinski definition) is 2. The molecule has 5 nitrogen and oxygen atoms in total.